The Balaban J connectivity index is 1.85. The van der Waals surface area contributed by atoms with E-state index in [4.69, 9.17) is 15.0 Å². The van der Waals surface area contributed by atoms with E-state index in [1.807, 2.05) is 0 Å². The molecule has 146 valence electrons. The van der Waals surface area contributed by atoms with Gasteiger partial charge in [-0.05, 0) is 35.9 Å². The fourth-order valence-corrected chi connectivity index (χ4v) is 3.47. The number of aliphatic hydroxyl groups is 1. The molecule has 2 aromatic rings. The van der Waals surface area contributed by atoms with E-state index in [1.165, 1.54) is 6.07 Å². The van der Waals surface area contributed by atoms with Gasteiger partial charge in [0.15, 0.2) is 11.5 Å². The van der Waals surface area contributed by atoms with Crippen LogP contribution in [0.4, 0.5) is 24.5 Å². The van der Waals surface area contributed by atoms with Crippen LogP contribution in [0, 0.1) is 0 Å². The molecule has 1 fully saturated rings. The molecule has 1 saturated heterocycles. The molecule has 10 heteroatoms. The third-order valence-corrected chi connectivity index (χ3v) is 4.79. The molecule has 3 atom stereocenters. The van der Waals surface area contributed by atoms with Crippen molar-refractivity contribution in [3.8, 4) is 11.5 Å². The van der Waals surface area contributed by atoms with Gasteiger partial charge >= 0.3 is 6.18 Å². The number of fused-ring (bicyclic) bond motifs is 2. The lowest BCUT2D eigenvalue weighted by Gasteiger charge is -2.43. The van der Waals surface area contributed by atoms with Gasteiger partial charge in [-0.3, -0.25) is 0 Å². The van der Waals surface area contributed by atoms with Crippen molar-refractivity contribution >= 4 is 11.4 Å². The summed E-state index contributed by atoms with van der Waals surface area (Å²) >= 11 is 0. The predicted octanol–water partition coefficient (Wildman–Crippen LogP) is 4.39. The van der Waals surface area contributed by atoms with E-state index in [2.05, 4.69) is 10.0 Å². The molecule has 0 amide bonds. The Kier molecular flexibility index (Phi) is 4.54. The molecule has 7 nitrogen and oxygen atoms in total. The molecule has 2 heterocycles. The van der Waals surface area contributed by atoms with E-state index < -0.39 is 29.9 Å². The minimum atomic E-state index is -4.53. The minimum absolute atomic E-state index is 0.0309. The zero-order chi connectivity index (χ0) is 19.9. The van der Waals surface area contributed by atoms with Gasteiger partial charge in [0.2, 0.25) is 0 Å². The first kappa shape index (κ1) is 18.4. The number of benzene rings is 2. The molecular weight excluding hydrogens is 377 g/mol. The van der Waals surface area contributed by atoms with Crippen molar-refractivity contribution in [1.82, 2.24) is 0 Å². The summed E-state index contributed by atoms with van der Waals surface area (Å²) in [5, 5.41) is 14.3. The Morgan fingerprint density at radius 1 is 1.11 bits per heavy atom. The number of alkyl halides is 3. The van der Waals surface area contributed by atoms with Gasteiger partial charge in [0.1, 0.15) is 0 Å². The van der Waals surface area contributed by atoms with Gasteiger partial charge in [-0.25, -0.2) is 0 Å². The topological polar surface area (TPSA) is 90.7 Å². The largest absolute Gasteiger partial charge is 0.453 e. The molecule has 0 aliphatic carbocycles. The fraction of sp³-hybridized carbons (Fsp3) is 0.333. The van der Waals surface area contributed by atoms with Crippen molar-refractivity contribution in [3.63, 3.8) is 0 Å². The van der Waals surface area contributed by atoms with Gasteiger partial charge in [-0.15, -0.1) is 0 Å². The minimum Gasteiger partial charge on any atom is -0.453 e. The van der Waals surface area contributed by atoms with Gasteiger partial charge in [-0.2, -0.15) is 13.2 Å². The second-order valence-electron chi connectivity index (χ2n) is 6.49. The van der Waals surface area contributed by atoms with Gasteiger partial charge in [0, 0.05) is 4.91 Å². The highest BCUT2D eigenvalue weighted by Crippen LogP contribution is 2.50. The third-order valence-electron chi connectivity index (χ3n) is 4.79. The van der Waals surface area contributed by atoms with Crippen LogP contribution in [0.15, 0.2) is 47.6 Å². The van der Waals surface area contributed by atoms with Crippen LogP contribution in [0.3, 0.4) is 0 Å². The maximum Gasteiger partial charge on any atom is 0.416 e. The quantitative estimate of drug-likeness (QED) is 0.466. The maximum atomic E-state index is 13.3. The Bertz CT molecular complexity index is 946. The van der Waals surface area contributed by atoms with Gasteiger partial charge in [0.05, 0.1) is 48.3 Å². The molecular formula is C18H15F3N4O3. The summed E-state index contributed by atoms with van der Waals surface area (Å²) < 4.78 is 51.1. The summed E-state index contributed by atoms with van der Waals surface area (Å²) in [7, 11) is 0. The Labute approximate surface area is 157 Å². The highest BCUT2D eigenvalue weighted by molar-refractivity contribution is 5.79. The number of para-hydroxylation sites is 2. The monoisotopic (exact) mass is 392 g/mol. The standard InChI is InChI=1S/C18H15F3N4O3/c19-18(20,21)10-5-6-16-13(7-10)25(12-3-1-2-4-15(12)28-16)14-9-27-8-11(17(14)26)23-24-22/h1-7,11,14,17,26H,8-9H2/t11-,14+,17+/m1/s1. The third kappa shape index (κ3) is 3.11. The molecule has 0 bridgehead atoms. The summed E-state index contributed by atoms with van der Waals surface area (Å²) in [5.41, 5.74) is 8.52. The van der Waals surface area contributed by atoms with Crippen molar-refractivity contribution in [3.05, 3.63) is 58.5 Å². The zero-order valence-corrected chi connectivity index (χ0v) is 14.4. The molecule has 28 heavy (non-hydrogen) atoms. The first-order chi connectivity index (χ1) is 13.4. The molecule has 2 aliphatic heterocycles. The number of hydrogen-bond acceptors (Lipinski definition) is 5. The first-order valence-electron chi connectivity index (χ1n) is 8.47. The summed E-state index contributed by atoms with van der Waals surface area (Å²) in [6.45, 7) is 0.0752. The second-order valence-corrected chi connectivity index (χ2v) is 6.49. The van der Waals surface area contributed by atoms with Crippen molar-refractivity contribution < 1.29 is 27.8 Å². The van der Waals surface area contributed by atoms with Crippen LogP contribution in [0.25, 0.3) is 10.4 Å². The number of anilines is 2. The van der Waals surface area contributed by atoms with Crippen LogP contribution in [0.2, 0.25) is 0 Å². The van der Waals surface area contributed by atoms with Crippen molar-refractivity contribution in [2.24, 2.45) is 5.11 Å². The summed E-state index contributed by atoms with van der Waals surface area (Å²) in [6.07, 6.45) is -5.68. The molecule has 0 aromatic heterocycles. The van der Waals surface area contributed by atoms with Gasteiger partial charge in [0.25, 0.3) is 0 Å². The number of nitrogens with zero attached hydrogens (tertiary/aromatic N) is 4. The van der Waals surface area contributed by atoms with Crippen LogP contribution in [0.5, 0.6) is 11.5 Å². The normalized spacial score (nSPS) is 23.9. The van der Waals surface area contributed by atoms with E-state index in [9.17, 15) is 18.3 Å². The highest BCUT2D eigenvalue weighted by atomic mass is 19.4. The average molecular weight is 392 g/mol. The lowest BCUT2D eigenvalue weighted by atomic mass is 9.97. The molecule has 0 radical (unpaired) electrons. The van der Waals surface area contributed by atoms with E-state index in [0.717, 1.165) is 12.1 Å². The van der Waals surface area contributed by atoms with Crippen LogP contribution < -0.4 is 9.64 Å². The van der Waals surface area contributed by atoms with E-state index in [-0.39, 0.29) is 24.7 Å². The molecule has 2 aliphatic rings. The molecule has 0 spiro atoms. The number of azide groups is 1. The highest BCUT2D eigenvalue weighted by Gasteiger charge is 2.41. The van der Waals surface area contributed by atoms with Gasteiger partial charge in [-0.1, -0.05) is 17.2 Å². The molecule has 0 unspecified atom stereocenters. The number of rotatable bonds is 2. The Morgan fingerprint density at radius 2 is 1.86 bits per heavy atom. The zero-order valence-electron chi connectivity index (χ0n) is 14.4. The average Bonchev–Trinajstić information content (AvgIpc) is 2.67. The number of halogens is 3. The maximum absolute atomic E-state index is 13.3. The van der Waals surface area contributed by atoms with Crippen LogP contribution in [-0.2, 0) is 10.9 Å². The fourth-order valence-electron chi connectivity index (χ4n) is 3.47. The summed E-state index contributed by atoms with van der Waals surface area (Å²) in [6, 6.07) is 8.38. The predicted molar refractivity (Wildman–Crippen MR) is 93.6 cm³/mol. The summed E-state index contributed by atoms with van der Waals surface area (Å²) in [5.74, 6) is 0.665. The lowest BCUT2D eigenvalue weighted by Crippen LogP contribution is -2.54. The van der Waals surface area contributed by atoms with Crippen molar-refractivity contribution in [1.29, 1.82) is 0 Å². The molecule has 1 N–H and O–H groups in total. The van der Waals surface area contributed by atoms with Crippen LogP contribution in [0.1, 0.15) is 5.56 Å². The van der Waals surface area contributed by atoms with Crippen LogP contribution >= 0.6 is 0 Å². The van der Waals surface area contributed by atoms with Crippen LogP contribution in [-0.4, -0.2) is 36.5 Å². The van der Waals surface area contributed by atoms with Gasteiger partial charge < -0.3 is 19.5 Å². The second kappa shape index (κ2) is 6.90. The molecule has 4 rings (SSSR count). The SMILES string of the molecule is [N-]=[N+]=N[C@@H]1COC[C@H](N2c3ccccc3Oc3ccc(C(F)(F)F)cc32)[C@H]1O. The smallest absolute Gasteiger partial charge is 0.416 e. The van der Waals surface area contributed by atoms with Crippen molar-refractivity contribution in [2.75, 3.05) is 18.1 Å². The molecule has 0 saturated carbocycles. The number of hydrogen-bond donors (Lipinski definition) is 1. The first-order valence-corrected chi connectivity index (χ1v) is 8.47. The van der Waals surface area contributed by atoms with E-state index in [1.54, 1.807) is 29.2 Å². The Hall–Kier alpha value is -2.94. The number of ether oxygens (including phenoxy) is 2. The number of aliphatic hydroxyl groups excluding tert-OH is 1. The van der Waals surface area contributed by atoms with Crippen molar-refractivity contribution in [2.45, 2.75) is 24.4 Å². The Morgan fingerprint density at radius 3 is 2.61 bits per heavy atom. The molecule has 2 aromatic carbocycles. The van der Waals surface area contributed by atoms with E-state index in [0.29, 0.717) is 11.4 Å². The summed E-state index contributed by atoms with van der Waals surface area (Å²) in [4.78, 5) is 4.28. The lowest BCUT2D eigenvalue weighted by molar-refractivity contribution is -0.137. The van der Waals surface area contributed by atoms with E-state index >= 15 is 0 Å².